The van der Waals surface area contributed by atoms with Crippen molar-refractivity contribution in [3.8, 4) is 11.4 Å². The zero-order valence-corrected chi connectivity index (χ0v) is 19.2. The summed E-state index contributed by atoms with van der Waals surface area (Å²) in [6.07, 6.45) is 0.226. The summed E-state index contributed by atoms with van der Waals surface area (Å²) in [6.45, 7) is 0.0245. The highest BCUT2D eigenvalue weighted by atomic mass is 32.1. The van der Waals surface area contributed by atoms with E-state index >= 15 is 0 Å². The molecule has 4 heterocycles. The van der Waals surface area contributed by atoms with Gasteiger partial charge in [-0.25, -0.2) is 19.5 Å². The number of fused-ring (bicyclic) bond motifs is 1. The van der Waals surface area contributed by atoms with E-state index in [2.05, 4.69) is 25.4 Å². The maximum Gasteiger partial charge on any atom is 0.401 e. The van der Waals surface area contributed by atoms with E-state index in [0.29, 0.717) is 48.8 Å². The largest absolute Gasteiger partial charge is 0.401 e. The number of likely N-dealkylation sites (tertiary alicyclic amines) is 1. The minimum atomic E-state index is -4.16. The van der Waals surface area contributed by atoms with Crippen molar-refractivity contribution in [2.24, 2.45) is 5.73 Å². The molecule has 1 aromatic carbocycles. The minimum Gasteiger partial charge on any atom is -0.364 e. The number of anilines is 2. The fourth-order valence-electron chi connectivity index (χ4n) is 4.24. The molecule has 0 radical (unpaired) electrons. The van der Waals surface area contributed by atoms with Crippen molar-refractivity contribution in [2.45, 2.75) is 24.9 Å². The van der Waals surface area contributed by atoms with Gasteiger partial charge in [-0.3, -0.25) is 9.69 Å². The van der Waals surface area contributed by atoms with Gasteiger partial charge in [-0.05, 0) is 49.5 Å². The molecule has 35 heavy (non-hydrogen) atoms. The lowest BCUT2D eigenvalue weighted by molar-refractivity contribution is -0.147. The Morgan fingerprint density at radius 3 is 2.57 bits per heavy atom. The molecule has 5 rings (SSSR count). The van der Waals surface area contributed by atoms with Gasteiger partial charge in [0, 0.05) is 11.1 Å². The Balaban J connectivity index is 1.29. The second-order valence-corrected chi connectivity index (χ2v) is 9.16. The van der Waals surface area contributed by atoms with Crippen molar-refractivity contribution in [2.75, 3.05) is 25.0 Å². The standard InChI is InChI=1S/C22H21F3N8OS/c23-22(24,25)11-32-7-5-14(6-8-32)13-1-3-15(4-2-13)30-19-20-28-12-29-33(20)17(9-27-19)16-10-35-21(31-16)18(26)34/h1-4,9-10,12,14H,5-8,11H2,(H2,26,34)(H,27,30). The number of thiazole rings is 1. The summed E-state index contributed by atoms with van der Waals surface area (Å²) in [6, 6.07) is 7.81. The summed E-state index contributed by atoms with van der Waals surface area (Å²) in [5, 5.41) is 9.40. The molecule has 4 aromatic rings. The average Bonchev–Trinajstić information content (AvgIpc) is 3.50. The zero-order chi connectivity index (χ0) is 24.6. The lowest BCUT2D eigenvalue weighted by atomic mass is 9.89. The number of aromatic nitrogens is 5. The molecule has 1 aliphatic heterocycles. The number of amides is 1. The molecule has 3 aromatic heterocycles. The van der Waals surface area contributed by atoms with Crippen molar-refractivity contribution >= 4 is 34.4 Å². The monoisotopic (exact) mass is 502 g/mol. The van der Waals surface area contributed by atoms with Crippen molar-refractivity contribution in [1.82, 2.24) is 29.5 Å². The second kappa shape index (κ2) is 9.23. The molecule has 0 bridgehead atoms. The van der Waals surface area contributed by atoms with Gasteiger partial charge in [-0.15, -0.1) is 11.3 Å². The lowest BCUT2D eigenvalue weighted by Crippen LogP contribution is -2.39. The van der Waals surface area contributed by atoms with Crippen LogP contribution in [0.4, 0.5) is 24.7 Å². The Hall–Kier alpha value is -3.58. The SMILES string of the molecule is NC(=O)c1nc(-c2cnc(Nc3ccc(C4CCN(CC(F)(F)F)CC4)cc3)c3ncnn23)cs1. The summed E-state index contributed by atoms with van der Waals surface area (Å²) in [7, 11) is 0. The molecule has 0 saturated carbocycles. The van der Waals surface area contributed by atoms with Gasteiger partial charge in [-0.2, -0.15) is 18.3 Å². The number of halogens is 3. The molecule has 1 fully saturated rings. The number of carbonyl (C=O) groups excluding carboxylic acids is 1. The zero-order valence-electron chi connectivity index (χ0n) is 18.4. The Morgan fingerprint density at radius 1 is 1.17 bits per heavy atom. The number of hydrogen-bond donors (Lipinski definition) is 2. The van der Waals surface area contributed by atoms with Gasteiger partial charge < -0.3 is 11.1 Å². The number of nitrogens with one attached hydrogen (secondary N) is 1. The van der Waals surface area contributed by atoms with E-state index < -0.39 is 18.6 Å². The smallest absolute Gasteiger partial charge is 0.364 e. The molecule has 0 unspecified atom stereocenters. The summed E-state index contributed by atoms with van der Waals surface area (Å²) in [5.41, 5.74) is 8.76. The van der Waals surface area contributed by atoms with E-state index in [0.717, 1.165) is 22.6 Å². The van der Waals surface area contributed by atoms with Crippen LogP contribution in [-0.4, -0.2) is 61.2 Å². The number of rotatable bonds is 6. The highest BCUT2D eigenvalue weighted by Gasteiger charge is 2.32. The van der Waals surface area contributed by atoms with Gasteiger partial charge in [0.2, 0.25) is 0 Å². The molecule has 0 spiro atoms. The predicted octanol–water partition coefficient (Wildman–Crippen LogP) is 3.83. The number of nitrogens with two attached hydrogens (primary N) is 1. The highest BCUT2D eigenvalue weighted by Crippen LogP contribution is 2.31. The molecule has 1 aliphatic rings. The van der Waals surface area contributed by atoms with Crippen LogP contribution >= 0.6 is 11.3 Å². The Bertz CT molecular complexity index is 1340. The lowest BCUT2D eigenvalue weighted by Gasteiger charge is -2.32. The summed E-state index contributed by atoms with van der Waals surface area (Å²) in [4.78, 5) is 25.8. The fourth-order valence-corrected chi connectivity index (χ4v) is 4.90. The van der Waals surface area contributed by atoms with Crippen LogP contribution in [0.1, 0.15) is 34.1 Å². The molecule has 9 nitrogen and oxygen atoms in total. The number of nitrogens with zero attached hydrogens (tertiary/aromatic N) is 6. The number of primary amides is 1. The third-order valence-electron chi connectivity index (χ3n) is 5.92. The first kappa shape index (κ1) is 23.2. The summed E-state index contributed by atoms with van der Waals surface area (Å²) >= 11 is 1.14. The Morgan fingerprint density at radius 2 is 1.91 bits per heavy atom. The highest BCUT2D eigenvalue weighted by molar-refractivity contribution is 7.12. The number of hydrogen-bond acceptors (Lipinski definition) is 8. The Kier molecular flexibility index (Phi) is 6.11. The molecule has 1 saturated heterocycles. The van der Waals surface area contributed by atoms with Crippen LogP contribution in [-0.2, 0) is 0 Å². The van der Waals surface area contributed by atoms with Gasteiger partial charge in [0.1, 0.15) is 17.7 Å². The Labute approximate surface area is 201 Å². The maximum atomic E-state index is 12.6. The quantitative estimate of drug-likeness (QED) is 0.412. The second-order valence-electron chi connectivity index (χ2n) is 8.30. The molecule has 1 amide bonds. The van der Waals surface area contributed by atoms with Crippen LogP contribution in [0.15, 0.2) is 42.2 Å². The fraction of sp³-hybridized carbons (Fsp3) is 0.318. The molecule has 0 aliphatic carbocycles. The third-order valence-corrected chi connectivity index (χ3v) is 6.77. The van der Waals surface area contributed by atoms with E-state index in [9.17, 15) is 18.0 Å². The van der Waals surface area contributed by atoms with E-state index in [4.69, 9.17) is 5.73 Å². The van der Waals surface area contributed by atoms with Crippen molar-refractivity contribution in [3.63, 3.8) is 0 Å². The summed E-state index contributed by atoms with van der Waals surface area (Å²) in [5.74, 6) is 0.125. The van der Waals surface area contributed by atoms with E-state index in [1.807, 2.05) is 24.3 Å². The molecule has 0 atom stereocenters. The van der Waals surface area contributed by atoms with E-state index in [1.165, 1.54) is 11.2 Å². The van der Waals surface area contributed by atoms with Crippen LogP contribution < -0.4 is 11.1 Å². The van der Waals surface area contributed by atoms with Gasteiger partial charge in [0.15, 0.2) is 16.5 Å². The predicted molar refractivity (Wildman–Crippen MR) is 125 cm³/mol. The third kappa shape index (κ3) is 5.10. The van der Waals surface area contributed by atoms with Crippen molar-refractivity contribution < 1.29 is 18.0 Å². The molecule has 182 valence electrons. The molecular formula is C22H21F3N8OS. The van der Waals surface area contributed by atoms with E-state index in [-0.39, 0.29) is 10.9 Å². The topological polar surface area (TPSA) is 114 Å². The number of piperidine rings is 1. The maximum absolute atomic E-state index is 12.6. The first-order chi connectivity index (χ1) is 16.8. The van der Waals surface area contributed by atoms with Gasteiger partial charge in [0.25, 0.3) is 5.91 Å². The van der Waals surface area contributed by atoms with Crippen LogP contribution in [0.25, 0.3) is 17.0 Å². The summed E-state index contributed by atoms with van der Waals surface area (Å²) < 4.78 is 39.4. The van der Waals surface area contributed by atoms with Crippen molar-refractivity contribution in [1.29, 1.82) is 0 Å². The molecule has 3 N–H and O–H groups in total. The van der Waals surface area contributed by atoms with E-state index in [1.54, 1.807) is 16.1 Å². The average molecular weight is 503 g/mol. The van der Waals surface area contributed by atoms with Crippen LogP contribution in [0.2, 0.25) is 0 Å². The number of alkyl halides is 3. The normalized spacial score (nSPS) is 15.5. The van der Waals surface area contributed by atoms with Crippen LogP contribution in [0, 0.1) is 0 Å². The number of carbonyl (C=O) groups is 1. The number of benzene rings is 1. The van der Waals surface area contributed by atoms with Gasteiger partial charge in [-0.1, -0.05) is 12.1 Å². The van der Waals surface area contributed by atoms with Crippen LogP contribution in [0.5, 0.6) is 0 Å². The van der Waals surface area contributed by atoms with Gasteiger partial charge >= 0.3 is 6.18 Å². The van der Waals surface area contributed by atoms with Gasteiger partial charge in [0.05, 0.1) is 12.7 Å². The first-order valence-electron chi connectivity index (χ1n) is 10.9. The first-order valence-corrected chi connectivity index (χ1v) is 11.8. The molecular weight excluding hydrogens is 481 g/mol. The molecule has 13 heteroatoms. The van der Waals surface area contributed by atoms with Crippen molar-refractivity contribution in [3.05, 3.63) is 52.7 Å². The minimum absolute atomic E-state index is 0.196. The van der Waals surface area contributed by atoms with Crippen LogP contribution in [0.3, 0.4) is 0 Å².